The second kappa shape index (κ2) is 26.3. The summed E-state index contributed by atoms with van der Waals surface area (Å²) in [6.07, 6.45) is 21.4. The third-order valence-electron chi connectivity index (χ3n) is 5.49. The fourth-order valence-corrected chi connectivity index (χ4v) is 3.55. The van der Waals surface area contributed by atoms with Crippen LogP contribution >= 0.6 is 0 Å². The topological polar surface area (TPSA) is 79.2 Å². The van der Waals surface area contributed by atoms with E-state index >= 15 is 0 Å². The first-order chi connectivity index (χ1) is 15.8. The minimum absolute atomic E-state index is 0.0114. The van der Waals surface area contributed by atoms with Crippen LogP contribution in [-0.4, -0.2) is 73.8 Å². The number of allylic oxidation sites excluding steroid dienone is 2. The molecule has 0 atom stereocenters. The Morgan fingerprint density at radius 3 is 1.66 bits per heavy atom. The molecule has 6 nitrogen and oxygen atoms in total. The van der Waals surface area contributed by atoms with Crippen LogP contribution in [0.2, 0.25) is 0 Å². The maximum atomic E-state index is 12.5. The average molecular weight is 458 g/mol. The Bertz CT molecular complexity index is 405. The standard InChI is InChI=1S/C26H51NO5/c1-2-3-4-5-6-7-8-9-10-11-12-13-14-15-16-17-26(30)27(18-22-31-24-20-28)19-23-32-25-21-29/h9-10,28-29H,2-8,11-25H2,1H3. The summed E-state index contributed by atoms with van der Waals surface area (Å²) in [5.74, 6) is 0.128. The second-order valence-corrected chi connectivity index (χ2v) is 8.39. The van der Waals surface area contributed by atoms with Crippen molar-refractivity contribution in [1.82, 2.24) is 4.90 Å². The van der Waals surface area contributed by atoms with Gasteiger partial charge in [-0.25, -0.2) is 0 Å². The van der Waals surface area contributed by atoms with Crippen LogP contribution in [0.4, 0.5) is 0 Å². The zero-order chi connectivity index (χ0) is 23.5. The Kier molecular flexibility index (Phi) is 25.5. The molecule has 1 amide bonds. The quantitative estimate of drug-likeness (QED) is 0.151. The third-order valence-corrected chi connectivity index (χ3v) is 5.49. The van der Waals surface area contributed by atoms with Crippen molar-refractivity contribution in [2.45, 2.75) is 96.8 Å². The smallest absolute Gasteiger partial charge is 0.222 e. The average Bonchev–Trinajstić information content (AvgIpc) is 2.80. The molecule has 0 rings (SSSR count). The molecule has 0 fully saturated rings. The van der Waals surface area contributed by atoms with Gasteiger partial charge in [0.1, 0.15) is 0 Å². The van der Waals surface area contributed by atoms with Gasteiger partial charge in [0.05, 0.1) is 39.6 Å². The molecule has 2 N–H and O–H groups in total. The van der Waals surface area contributed by atoms with Crippen molar-refractivity contribution in [2.75, 3.05) is 52.7 Å². The lowest BCUT2D eigenvalue weighted by Gasteiger charge is -2.22. The van der Waals surface area contributed by atoms with Crippen LogP contribution < -0.4 is 0 Å². The van der Waals surface area contributed by atoms with Crippen LogP contribution in [0.25, 0.3) is 0 Å². The van der Waals surface area contributed by atoms with E-state index in [2.05, 4.69) is 19.1 Å². The number of hydrogen-bond donors (Lipinski definition) is 2. The molecule has 0 aromatic heterocycles. The highest BCUT2D eigenvalue weighted by Crippen LogP contribution is 2.10. The Morgan fingerprint density at radius 2 is 1.16 bits per heavy atom. The molecule has 0 unspecified atom stereocenters. The highest BCUT2D eigenvalue weighted by atomic mass is 16.5. The maximum absolute atomic E-state index is 12.5. The van der Waals surface area contributed by atoms with Gasteiger partial charge in [0.2, 0.25) is 5.91 Å². The number of nitrogens with zero attached hydrogens (tertiary/aromatic N) is 1. The van der Waals surface area contributed by atoms with Crippen LogP contribution in [-0.2, 0) is 14.3 Å². The number of hydrogen-bond acceptors (Lipinski definition) is 5. The van der Waals surface area contributed by atoms with Gasteiger partial charge in [-0.2, -0.15) is 0 Å². The molecule has 0 saturated heterocycles. The summed E-state index contributed by atoms with van der Waals surface area (Å²) in [5.41, 5.74) is 0. The number of carbonyl (C=O) groups is 1. The molecule has 0 radical (unpaired) electrons. The Hall–Kier alpha value is -0.950. The van der Waals surface area contributed by atoms with E-state index in [0.29, 0.717) is 32.7 Å². The molecule has 0 aliphatic carbocycles. The van der Waals surface area contributed by atoms with E-state index in [1.807, 2.05) is 0 Å². The first kappa shape index (κ1) is 31.0. The van der Waals surface area contributed by atoms with Gasteiger partial charge in [-0.05, 0) is 32.1 Å². The van der Waals surface area contributed by atoms with E-state index in [-0.39, 0.29) is 32.3 Å². The molecule has 0 aromatic rings. The minimum Gasteiger partial charge on any atom is -0.394 e. The van der Waals surface area contributed by atoms with E-state index in [4.69, 9.17) is 19.7 Å². The molecule has 190 valence electrons. The summed E-state index contributed by atoms with van der Waals surface area (Å²) in [7, 11) is 0. The van der Waals surface area contributed by atoms with Gasteiger partial charge < -0.3 is 24.6 Å². The summed E-state index contributed by atoms with van der Waals surface area (Å²) in [6, 6.07) is 0. The predicted molar refractivity (Wildman–Crippen MR) is 132 cm³/mol. The van der Waals surface area contributed by atoms with Gasteiger partial charge in [-0.3, -0.25) is 4.79 Å². The Morgan fingerprint density at radius 1 is 0.688 bits per heavy atom. The Balaban J connectivity index is 3.72. The molecule has 0 spiro atoms. The van der Waals surface area contributed by atoms with Crippen LogP contribution in [0.15, 0.2) is 12.2 Å². The van der Waals surface area contributed by atoms with Gasteiger partial charge >= 0.3 is 0 Å². The summed E-state index contributed by atoms with van der Waals surface area (Å²) in [4.78, 5) is 14.3. The zero-order valence-corrected chi connectivity index (χ0v) is 20.8. The molecule has 0 aromatic carbocycles. The van der Waals surface area contributed by atoms with E-state index in [1.165, 1.54) is 70.6 Å². The van der Waals surface area contributed by atoms with E-state index in [1.54, 1.807) is 4.90 Å². The van der Waals surface area contributed by atoms with Crippen molar-refractivity contribution in [3.63, 3.8) is 0 Å². The van der Waals surface area contributed by atoms with Crippen molar-refractivity contribution in [3.05, 3.63) is 12.2 Å². The first-order valence-electron chi connectivity index (χ1n) is 13.1. The van der Waals surface area contributed by atoms with Gasteiger partial charge in [0.15, 0.2) is 0 Å². The molecule has 0 aliphatic heterocycles. The minimum atomic E-state index is -0.0114. The van der Waals surface area contributed by atoms with E-state index in [9.17, 15) is 4.79 Å². The summed E-state index contributed by atoms with van der Waals surface area (Å²) < 4.78 is 10.6. The number of rotatable bonds is 25. The molecule has 0 aliphatic rings. The second-order valence-electron chi connectivity index (χ2n) is 8.39. The SMILES string of the molecule is CCCCCCCCC=CCCCCCCCC(=O)N(CCOCCO)CCOCCO. The van der Waals surface area contributed by atoms with Crippen LogP contribution in [0.1, 0.15) is 96.8 Å². The number of aliphatic hydroxyl groups excluding tert-OH is 2. The van der Waals surface area contributed by atoms with Gasteiger partial charge in [-0.1, -0.05) is 70.4 Å². The van der Waals surface area contributed by atoms with E-state index in [0.717, 1.165) is 12.8 Å². The molecular formula is C26H51NO5. The van der Waals surface area contributed by atoms with Gasteiger partial charge in [-0.15, -0.1) is 0 Å². The molecule has 0 heterocycles. The van der Waals surface area contributed by atoms with Crippen LogP contribution in [0.5, 0.6) is 0 Å². The lowest BCUT2D eigenvalue weighted by atomic mass is 10.1. The largest absolute Gasteiger partial charge is 0.394 e. The number of ether oxygens (including phenoxy) is 2. The van der Waals surface area contributed by atoms with Crippen molar-refractivity contribution in [3.8, 4) is 0 Å². The first-order valence-corrected chi connectivity index (χ1v) is 13.1. The molecule has 0 saturated carbocycles. The predicted octanol–water partition coefficient (Wildman–Crippen LogP) is 4.87. The van der Waals surface area contributed by atoms with Crippen molar-refractivity contribution in [1.29, 1.82) is 0 Å². The van der Waals surface area contributed by atoms with Crippen molar-refractivity contribution in [2.24, 2.45) is 0 Å². The molecule has 6 heteroatoms. The maximum Gasteiger partial charge on any atom is 0.222 e. The third kappa shape index (κ3) is 22.3. The molecular weight excluding hydrogens is 406 g/mol. The van der Waals surface area contributed by atoms with Crippen molar-refractivity contribution < 1.29 is 24.5 Å². The highest BCUT2D eigenvalue weighted by Gasteiger charge is 2.13. The number of amides is 1. The number of aliphatic hydroxyl groups is 2. The normalized spacial score (nSPS) is 11.5. The molecule has 32 heavy (non-hydrogen) atoms. The fourth-order valence-electron chi connectivity index (χ4n) is 3.55. The number of unbranched alkanes of at least 4 members (excludes halogenated alkanes) is 11. The Labute approximate surface area is 197 Å². The van der Waals surface area contributed by atoms with Gasteiger partial charge in [0, 0.05) is 19.5 Å². The monoisotopic (exact) mass is 457 g/mol. The van der Waals surface area contributed by atoms with Crippen LogP contribution in [0, 0.1) is 0 Å². The van der Waals surface area contributed by atoms with Crippen molar-refractivity contribution >= 4 is 5.91 Å². The summed E-state index contributed by atoms with van der Waals surface area (Å²) in [5, 5.41) is 17.6. The van der Waals surface area contributed by atoms with Crippen LogP contribution in [0.3, 0.4) is 0 Å². The fraction of sp³-hybridized carbons (Fsp3) is 0.885. The number of carbonyl (C=O) groups excluding carboxylic acids is 1. The summed E-state index contributed by atoms with van der Waals surface area (Å²) >= 11 is 0. The zero-order valence-electron chi connectivity index (χ0n) is 20.8. The van der Waals surface area contributed by atoms with E-state index < -0.39 is 0 Å². The highest BCUT2D eigenvalue weighted by molar-refractivity contribution is 5.76. The summed E-state index contributed by atoms with van der Waals surface area (Å²) in [6.45, 7) is 4.66. The molecule has 0 bridgehead atoms. The van der Waals surface area contributed by atoms with Gasteiger partial charge in [0.25, 0.3) is 0 Å². The lowest BCUT2D eigenvalue weighted by molar-refractivity contribution is -0.133. The lowest BCUT2D eigenvalue weighted by Crippen LogP contribution is -2.36.